The van der Waals surface area contributed by atoms with E-state index in [1.54, 1.807) is 0 Å². The largest absolute Gasteiger partial charge is 0.468 e. The predicted octanol–water partition coefficient (Wildman–Crippen LogP) is 0.781. The van der Waals surface area contributed by atoms with Crippen molar-refractivity contribution in [3.63, 3.8) is 0 Å². The molecule has 0 radical (unpaired) electrons. The number of carbonyl (C=O) groups excluding carboxylic acids is 1. The van der Waals surface area contributed by atoms with Crippen LogP contribution in [0.2, 0.25) is 0 Å². The van der Waals surface area contributed by atoms with Gasteiger partial charge in [0.1, 0.15) is 6.42 Å². The minimum absolute atomic E-state index is 0.0864. The van der Waals surface area contributed by atoms with E-state index in [2.05, 4.69) is 37.2 Å². The molecule has 2 aromatic rings. The van der Waals surface area contributed by atoms with Crippen molar-refractivity contribution in [3.05, 3.63) is 29.8 Å². The Morgan fingerprint density at radius 1 is 1.39 bits per heavy atom. The molecular formula is C12H10N4O2. The Balaban J connectivity index is 2.06. The zero-order valence-corrected chi connectivity index (χ0v) is 9.67. The second kappa shape index (κ2) is 5.59. The summed E-state index contributed by atoms with van der Waals surface area (Å²) in [6, 6.07) is 7.34. The molecule has 0 aliphatic carbocycles. The average Bonchev–Trinajstić information content (AvgIpc) is 2.93. The summed E-state index contributed by atoms with van der Waals surface area (Å²) < 4.78 is 4.49. The maximum atomic E-state index is 10.9. The molecule has 6 heteroatoms. The number of hydrogen-bond donors (Lipinski definition) is 1. The highest BCUT2D eigenvalue weighted by atomic mass is 16.5. The third kappa shape index (κ3) is 2.92. The molecule has 90 valence electrons. The molecule has 1 aromatic carbocycles. The quantitative estimate of drug-likeness (QED) is 0.621. The first-order chi connectivity index (χ1) is 8.79. The van der Waals surface area contributed by atoms with E-state index >= 15 is 0 Å². The van der Waals surface area contributed by atoms with Gasteiger partial charge in [-0.1, -0.05) is 11.8 Å². The van der Waals surface area contributed by atoms with Crippen molar-refractivity contribution in [3.8, 4) is 23.2 Å². The Bertz CT molecular complexity index is 579. The van der Waals surface area contributed by atoms with Crippen LogP contribution in [0, 0.1) is 11.8 Å². The highest BCUT2D eigenvalue weighted by Crippen LogP contribution is 2.13. The molecule has 18 heavy (non-hydrogen) atoms. The molecule has 0 unspecified atom stereocenters. The minimum Gasteiger partial charge on any atom is -0.468 e. The Labute approximate surface area is 103 Å². The van der Waals surface area contributed by atoms with Crippen molar-refractivity contribution < 1.29 is 9.53 Å². The molecule has 0 bridgehead atoms. The van der Waals surface area contributed by atoms with Crippen molar-refractivity contribution in [1.82, 2.24) is 20.6 Å². The van der Waals surface area contributed by atoms with Gasteiger partial charge in [-0.3, -0.25) is 4.79 Å². The lowest BCUT2D eigenvalue weighted by Crippen LogP contribution is -1.96. The fourth-order valence-corrected chi connectivity index (χ4v) is 1.28. The molecular weight excluding hydrogens is 232 g/mol. The number of nitrogens with zero attached hydrogens (tertiary/aromatic N) is 3. The average molecular weight is 242 g/mol. The summed E-state index contributed by atoms with van der Waals surface area (Å²) in [6.45, 7) is 0. The molecule has 2 rings (SSSR count). The van der Waals surface area contributed by atoms with Gasteiger partial charge < -0.3 is 4.74 Å². The minimum atomic E-state index is -0.342. The topological polar surface area (TPSA) is 80.8 Å². The van der Waals surface area contributed by atoms with Crippen molar-refractivity contribution in [2.45, 2.75) is 6.42 Å². The lowest BCUT2D eigenvalue weighted by Gasteiger charge is -1.94. The number of aromatic amines is 1. The molecule has 0 saturated carbocycles. The second-order valence-electron chi connectivity index (χ2n) is 3.37. The molecule has 0 saturated heterocycles. The summed E-state index contributed by atoms with van der Waals surface area (Å²) >= 11 is 0. The van der Waals surface area contributed by atoms with Crippen LogP contribution in [0.25, 0.3) is 11.4 Å². The van der Waals surface area contributed by atoms with E-state index in [1.165, 1.54) is 7.11 Å². The summed E-state index contributed by atoms with van der Waals surface area (Å²) in [5, 5.41) is 13.6. The Morgan fingerprint density at radius 3 is 2.78 bits per heavy atom. The molecule has 1 N–H and O–H groups in total. The van der Waals surface area contributed by atoms with E-state index in [4.69, 9.17) is 0 Å². The van der Waals surface area contributed by atoms with Crippen molar-refractivity contribution in [1.29, 1.82) is 0 Å². The van der Waals surface area contributed by atoms with Gasteiger partial charge in [0.05, 0.1) is 7.11 Å². The summed E-state index contributed by atoms with van der Waals surface area (Å²) in [5.41, 5.74) is 1.66. The van der Waals surface area contributed by atoms with E-state index in [-0.39, 0.29) is 12.4 Å². The number of tetrazole rings is 1. The van der Waals surface area contributed by atoms with Gasteiger partial charge >= 0.3 is 5.97 Å². The Kier molecular flexibility index (Phi) is 3.66. The van der Waals surface area contributed by atoms with Crippen LogP contribution in [0.15, 0.2) is 24.3 Å². The summed E-state index contributed by atoms with van der Waals surface area (Å²) in [6.07, 6.45) is 0.0864. The molecule has 0 fully saturated rings. The third-order valence-electron chi connectivity index (χ3n) is 2.18. The predicted molar refractivity (Wildman–Crippen MR) is 63.1 cm³/mol. The Morgan fingerprint density at radius 2 is 2.17 bits per heavy atom. The highest BCUT2D eigenvalue weighted by molar-refractivity contribution is 5.72. The van der Waals surface area contributed by atoms with Gasteiger partial charge in [-0.05, 0) is 29.5 Å². The number of benzene rings is 1. The zero-order chi connectivity index (χ0) is 12.8. The second-order valence-corrected chi connectivity index (χ2v) is 3.37. The first-order valence-corrected chi connectivity index (χ1v) is 5.19. The van der Waals surface area contributed by atoms with E-state index in [1.807, 2.05) is 24.3 Å². The van der Waals surface area contributed by atoms with Crippen LogP contribution in [0.4, 0.5) is 0 Å². The monoisotopic (exact) mass is 242 g/mol. The van der Waals surface area contributed by atoms with Crippen molar-refractivity contribution in [2.24, 2.45) is 0 Å². The van der Waals surface area contributed by atoms with Crippen LogP contribution in [0.3, 0.4) is 0 Å². The zero-order valence-electron chi connectivity index (χ0n) is 9.67. The molecule has 1 aromatic heterocycles. The first kappa shape index (κ1) is 11.8. The number of rotatable bonds is 2. The number of carbonyl (C=O) groups is 1. The normalized spacial score (nSPS) is 9.39. The maximum Gasteiger partial charge on any atom is 0.317 e. The molecule has 0 atom stereocenters. The van der Waals surface area contributed by atoms with Crippen LogP contribution in [0.1, 0.15) is 12.0 Å². The van der Waals surface area contributed by atoms with Gasteiger partial charge in [0.2, 0.25) is 5.82 Å². The lowest BCUT2D eigenvalue weighted by molar-refractivity contribution is -0.139. The van der Waals surface area contributed by atoms with Crippen LogP contribution < -0.4 is 0 Å². The standard InChI is InChI=1S/C12H10N4O2/c1-18-11(17)4-2-3-9-5-7-10(8-6-9)12-13-15-16-14-12/h5-8H,4H2,1H3,(H,13,14,15,16). The van der Waals surface area contributed by atoms with Gasteiger partial charge in [-0.25, -0.2) is 0 Å². The van der Waals surface area contributed by atoms with Crippen molar-refractivity contribution >= 4 is 5.97 Å². The van der Waals surface area contributed by atoms with Gasteiger partial charge in [0, 0.05) is 11.1 Å². The molecule has 6 nitrogen and oxygen atoms in total. The fourth-order valence-electron chi connectivity index (χ4n) is 1.28. The van der Waals surface area contributed by atoms with Crippen molar-refractivity contribution in [2.75, 3.05) is 7.11 Å². The van der Waals surface area contributed by atoms with Gasteiger partial charge in [-0.15, -0.1) is 10.2 Å². The molecule has 1 heterocycles. The van der Waals surface area contributed by atoms with E-state index in [0.717, 1.165) is 11.1 Å². The third-order valence-corrected chi connectivity index (χ3v) is 2.18. The number of H-pyrrole nitrogens is 1. The number of hydrogen-bond acceptors (Lipinski definition) is 5. The maximum absolute atomic E-state index is 10.9. The number of esters is 1. The van der Waals surface area contributed by atoms with E-state index < -0.39 is 0 Å². The number of aromatic nitrogens is 4. The van der Waals surface area contributed by atoms with E-state index in [0.29, 0.717) is 5.82 Å². The summed E-state index contributed by atoms with van der Waals surface area (Å²) in [7, 11) is 1.34. The first-order valence-electron chi connectivity index (χ1n) is 5.19. The number of ether oxygens (including phenoxy) is 1. The van der Waals surface area contributed by atoms with Crippen LogP contribution in [-0.2, 0) is 9.53 Å². The molecule has 0 amide bonds. The number of methoxy groups -OCH3 is 1. The van der Waals surface area contributed by atoms with Gasteiger partial charge in [-0.2, -0.15) is 5.21 Å². The molecule has 0 aliphatic heterocycles. The van der Waals surface area contributed by atoms with Crippen LogP contribution >= 0.6 is 0 Å². The van der Waals surface area contributed by atoms with Gasteiger partial charge in [0.15, 0.2) is 0 Å². The molecule has 0 spiro atoms. The Hall–Kier alpha value is -2.68. The van der Waals surface area contributed by atoms with E-state index in [9.17, 15) is 4.79 Å². The SMILES string of the molecule is COC(=O)CC#Cc1ccc(-c2nn[nH]n2)cc1. The lowest BCUT2D eigenvalue weighted by atomic mass is 10.1. The smallest absolute Gasteiger partial charge is 0.317 e. The summed E-state index contributed by atoms with van der Waals surface area (Å²) in [4.78, 5) is 10.9. The fraction of sp³-hybridized carbons (Fsp3) is 0.167. The number of nitrogens with one attached hydrogen (secondary N) is 1. The highest BCUT2D eigenvalue weighted by Gasteiger charge is 2.01. The van der Waals surface area contributed by atoms with Crippen LogP contribution in [-0.4, -0.2) is 33.7 Å². The summed E-state index contributed by atoms with van der Waals surface area (Å²) in [5.74, 6) is 5.79. The van der Waals surface area contributed by atoms with Crippen LogP contribution in [0.5, 0.6) is 0 Å². The molecule has 0 aliphatic rings. The van der Waals surface area contributed by atoms with Gasteiger partial charge in [0.25, 0.3) is 0 Å².